The molecule has 1 aromatic rings. The summed E-state index contributed by atoms with van der Waals surface area (Å²) < 4.78 is 5.34. The zero-order valence-electron chi connectivity index (χ0n) is 13.1. The minimum atomic E-state index is -0.596. The van der Waals surface area contributed by atoms with Crippen molar-refractivity contribution in [1.82, 2.24) is 5.32 Å². The number of ether oxygens (including phenoxy) is 1. The number of unbranched alkanes of at least 4 members (excludes halogenated alkanes) is 2. The van der Waals surface area contributed by atoms with E-state index in [0.717, 1.165) is 24.9 Å². The van der Waals surface area contributed by atoms with Crippen LogP contribution in [0.4, 0.5) is 0 Å². The fourth-order valence-electron chi connectivity index (χ4n) is 2.53. The van der Waals surface area contributed by atoms with Crippen LogP contribution >= 0.6 is 12.6 Å². The lowest BCUT2D eigenvalue weighted by atomic mass is 10.1. The molecule has 0 saturated heterocycles. The van der Waals surface area contributed by atoms with Gasteiger partial charge in [0, 0.05) is 18.4 Å². The molecule has 0 aliphatic carbocycles. The highest BCUT2D eigenvalue weighted by atomic mass is 32.1. The zero-order valence-corrected chi connectivity index (χ0v) is 14.0. The molecule has 1 aliphatic rings. The van der Waals surface area contributed by atoms with Gasteiger partial charge in [-0.15, -0.1) is 12.6 Å². The van der Waals surface area contributed by atoms with Gasteiger partial charge in [-0.3, -0.25) is 5.32 Å². The minimum absolute atomic E-state index is 0.596. The Morgan fingerprint density at radius 3 is 2.90 bits per heavy atom. The highest BCUT2D eigenvalue weighted by Crippen LogP contribution is 2.16. The van der Waals surface area contributed by atoms with Gasteiger partial charge in [0.25, 0.3) is 0 Å². The van der Waals surface area contributed by atoms with Crippen LogP contribution < -0.4 is 15.9 Å². The lowest BCUT2D eigenvalue weighted by Crippen LogP contribution is -2.37. The molecule has 1 aromatic carbocycles. The number of hydrogen-bond acceptors (Lipinski definition) is 4. The van der Waals surface area contributed by atoms with E-state index in [2.05, 4.69) is 54.1 Å². The van der Waals surface area contributed by atoms with E-state index in [0.29, 0.717) is 6.61 Å². The summed E-state index contributed by atoms with van der Waals surface area (Å²) in [6.07, 6.45) is 7.05. The maximum absolute atomic E-state index is 5.34. The van der Waals surface area contributed by atoms with Gasteiger partial charge in [0.2, 0.25) is 0 Å². The lowest BCUT2D eigenvalue weighted by molar-refractivity contribution is 0.147. The van der Waals surface area contributed by atoms with Gasteiger partial charge in [-0.25, -0.2) is 4.99 Å². The molecule has 0 bridgehead atoms. The van der Waals surface area contributed by atoms with Gasteiger partial charge >= 0.3 is 0 Å². The van der Waals surface area contributed by atoms with Gasteiger partial charge in [-0.1, -0.05) is 25.8 Å². The van der Waals surface area contributed by atoms with E-state index in [-0.39, 0.29) is 0 Å². The number of rotatable bonds is 9. The first-order valence-electron chi connectivity index (χ1n) is 7.93. The Balaban J connectivity index is 2.01. The van der Waals surface area contributed by atoms with Gasteiger partial charge in [-0.2, -0.15) is 0 Å². The third-order valence-corrected chi connectivity index (χ3v) is 4.03. The van der Waals surface area contributed by atoms with Crippen molar-refractivity contribution in [2.24, 2.45) is 4.99 Å². The van der Waals surface area contributed by atoms with Gasteiger partial charge in [-0.05, 0) is 43.5 Å². The first kappa shape index (κ1) is 16.5. The van der Waals surface area contributed by atoms with Crippen LogP contribution in [0.25, 0.3) is 6.08 Å². The fraction of sp³-hybridized carbons (Fsp3) is 0.588. The van der Waals surface area contributed by atoms with E-state index < -0.39 is 4.99 Å². The van der Waals surface area contributed by atoms with E-state index in [4.69, 9.17) is 4.74 Å². The number of nitrogens with zero attached hydrogens (tertiary/aromatic N) is 1. The first-order chi connectivity index (χ1) is 10.2. The predicted octanol–water partition coefficient (Wildman–Crippen LogP) is 2.04. The molecule has 0 fully saturated rings. The predicted molar refractivity (Wildman–Crippen MR) is 91.1 cm³/mol. The third-order valence-electron chi connectivity index (χ3n) is 3.64. The van der Waals surface area contributed by atoms with E-state index in [9.17, 15) is 0 Å². The number of fused-ring (bicyclic) bond motifs is 1. The summed E-state index contributed by atoms with van der Waals surface area (Å²) in [5.74, 6) is 0. The van der Waals surface area contributed by atoms with E-state index in [1.54, 1.807) is 0 Å². The molecule has 3 nitrogen and oxygen atoms in total. The first-order valence-corrected chi connectivity index (χ1v) is 8.38. The van der Waals surface area contributed by atoms with Crippen molar-refractivity contribution in [3.63, 3.8) is 0 Å². The monoisotopic (exact) mass is 306 g/mol. The van der Waals surface area contributed by atoms with Crippen molar-refractivity contribution in [2.75, 3.05) is 19.8 Å². The summed E-state index contributed by atoms with van der Waals surface area (Å²) in [6.45, 7) is 6.40. The lowest BCUT2D eigenvalue weighted by Gasteiger charge is -2.19. The summed E-state index contributed by atoms with van der Waals surface area (Å²) in [4.78, 5) is 4.06. The van der Waals surface area contributed by atoms with Crippen molar-refractivity contribution in [3.05, 3.63) is 34.3 Å². The largest absolute Gasteiger partial charge is 0.380 e. The highest BCUT2D eigenvalue weighted by molar-refractivity contribution is 7.82. The fourth-order valence-corrected chi connectivity index (χ4v) is 2.89. The van der Waals surface area contributed by atoms with E-state index in [1.807, 2.05) is 6.92 Å². The Labute approximate surface area is 132 Å². The standard InChI is InChI=1S/C17H26N2OS/c1-3-5-6-7-14-8-9-16-15(12-14)13-17(21,19-16)18-10-11-20-4-2/h8-9,12-13,18,21H,3-7,10-11H2,1-2H3. The SMILES string of the molecule is CCCCCc1ccc2c(c1)=CC(S)(NCCOCC)N=2. The van der Waals surface area contributed by atoms with Crippen molar-refractivity contribution >= 4 is 18.7 Å². The minimum Gasteiger partial charge on any atom is -0.380 e. The van der Waals surface area contributed by atoms with E-state index in [1.165, 1.54) is 30.0 Å². The summed E-state index contributed by atoms with van der Waals surface area (Å²) >= 11 is 4.66. The average Bonchev–Trinajstić information content (AvgIpc) is 2.80. The van der Waals surface area contributed by atoms with Gasteiger partial charge in [0.1, 0.15) is 0 Å². The molecule has 1 atom stereocenters. The van der Waals surface area contributed by atoms with Crippen LogP contribution in [0.3, 0.4) is 0 Å². The molecule has 0 amide bonds. The van der Waals surface area contributed by atoms with Gasteiger partial charge in [0.15, 0.2) is 4.99 Å². The summed E-state index contributed by atoms with van der Waals surface area (Å²) in [7, 11) is 0. The van der Waals surface area contributed by atoms with Crippen LogP contribution in [0.15, 0.2) is 23.2 Å². The van der Waals surface area contributed by atoms with Crippen molar-refractivity contribution in [2.45, 2.75) is 44.5 Å². The molecular weight excluding hydrogens is 280 g/mol. The Bertz CT molecular complexity index is 573. The maximum Gasteiger partial charge on any atom is 0.175 e. The molecule has 2 rings (SSSR count). The second-order valence-electron chi connectivity index (χ2n) is 5.46. The van der Waals surface area contributed by atoms with Crippen molar-refractivity contribution in [3.8, 4) is 0 Å². The van der Waals surface area contributed by atoms with Crippen LogP contribution in [0.1, 0.15) is 38.7 Å². The van der Waals surface area contributed by atoms with Crippen molar-refractivity contribution in [1.29, 1.82) is 0 Å². The number of thiol groups is 1. The molecule has 21 heavy (non-hydrogen) atoms. The highest BCUT2D eigenvalue weighted by Gasteiger charge is 2.23. The number of hydrogen-bond donors (Lipinski definition) is 2. The Morgan fingerprint density at radius 2 is 2.14 bits per heavy atom. The van der Waals surface area contributed by atoms with Crippen LogP contribution in [0.2, 0.25) is 0 Å². The molecule has 4 heteroatoms. The van der Waals surface area contributed by atoms with Crippen molar-refractivity contribution < 1.29 is 4.74 Å². The quantitative estimate of drug-likeness (QED) is 0.416. The van der Waals surface area contributed by atoms with Gasteiger partial charge in [0.05, 0.1) is 12.0 Å². The molecule has 1 unspecified atom stereocenters. The molecule has 1 heterocycles. The van der Waals surface area contributed by atoms with Crippen LogP contribution in [0.5, 0.6) is 0 Å². The molecule has 116 valence electrons. The molecule has 0 radical (unpaired) electrons. The summed E-state index contributed by atoms with van der Waals surface area (Å²) in [6, 6.07) is 6.54. The molecule has 0 aromatic heterocycles. The summed E-state index contributed by atoms with van der Waals surface area (Å²) in [5, 5.41) is 5.53. The average molecular weight is 306 g/mol. The second-order valence-corrected chi connectivity index (χ2v) is 6.14. The molecule has 0 spiro atoms. The topological polar surface area (TPSA) is 33.6 Å². The molecule has 1 N–H and O–H groups in total. The van der Waals surface area contributed by atoms with Gasteiger partial charge < -0.3 is 4.74 Å². The number of benzene rings is 1. The normalized spacial score (nSPS) is 20.0. The van der Waals surface area contributed by atoms with E-state index >= 15 is 0 Å². The number of aryl methyl sites for hydroxylation is 1. The number of nitrogens with one attached hydrogen (secondary N) is 1. The van der Waals surface area contributed by atoms with Crippen LogP contribution in [0, 0.1) is 0 Å². The third kappa shape index (κ3) is 4.83. The Hall–Kier alpha value is -0.840. The maximum atomic E-state index is 5.34. The zero-order chi connectivity index (χ0) is 15.1. The second kappa shape index (κ2) is 7.97. The smallest absolute Gasteiger partial charge is 0.175 e. The molecule has 0 saturated carbocycles. The van der Waals surface area contributed by atoms with Crippen LogP contribution in [-0.2, 0) is 11.2 Å². The molecular formula is C17H26N2OS. The van der Waals surface area contributed by atoms with Crippen LogP contribution in [-0.4, -0.2) is 24.8 Å². The molecule has 1 aliphatic heterocycles. The Kier molecular flexibility index (Phi) is 6.27. The summed E-state index contributed by atoms with van der Waals surface area (Å²) in [5.41, 5.74) is 1.39. The Morgan fingerprint density at radius 1 is 1.29 bits per heavy atom.